The summed E-state index contributed by atoms with van der Waals surface area (Å²) in [5.41, 5.74) is 1.59. The Morgan fingerprint density at radius 3 is 2.83 bits per heavy atom. The van der Waals surface area contributed by atoms with Gasteiger partial charge in [-0.05, 0) is 13.8 Å². The molecule has 2 aromatic heterocycles. The number of nitrogens with one attached hydrogen (secondary N) is 1. The van der Waals surface area contributed by atoms with E-state index in [1.807, 2.05) is 6.92 Å². The molecule has 1 saturated heterocycles. The molecule has 1 aliphatic heterocycles. The second-order valence-corrected chi connectivity index (χ2v) is 6.29. The standard InChI is InChI=1S/C13H19N7O2S/c1-9(12-15-10(2)18-22-12)20-5-3-19(4-6-20)7-11(21)16-13-17-14-8-23-13/h8-9H,3-7H2,1-2H3,(H,16,17,21). The Bertz CT molecular complexity index is 637. The molecule has 9 nitrogen and oxygen atoms in total. The third kappa shape index (κ3) is 4.09. The number of rotatable bonds is 5. The summed E-state index contributed by atoms with van der Waals surface area (Å²) in [5, 5.41) is 14.6. The molecule has 3 rings (SSSR count). The number of nitrogens with zero attached hydrogens (tertiary/aromatic N) is 6. The molecule has 23 heavy (non-hydrogen) atoms. The van der Waals surface area contributed by atoms with Crippen LogP contribution in [0.2, 0.25) is 0 Å². The smallest absolute Gasteiger partial charge is 0.243 e. The van der Waals surface area contributed by atoms with Crippen molar-refractivity contribution in [2.24, 2.45) is 0 Å². The Balaban J connectivity index is 1.45. The molecular formula is C13H19N7O2S. The number of amides is 1. The minimum atomic E-state index is -0.0595. The second-order valence-electron chi connectivity index (χ2n) is 5.46. The summed E-state index contributed by atoms with van der Waals surface area (Å²) < 4.78 is 5.24. The van der Waals surface area contributed by atoms with Crippen molar-refractivity contribution < 1.29 is 9.32 Å². The lowest BCUT2D eigenvalue weighted by Gasteiger charge is -2.36. The monoisotopic (exact) mass is 337 g/mol. The summed E-state index contributed by atoms with van der Waals surface area (Å²) in [6.45, 7) is 7.59. The number of hydrogen-bond donors (Lipinski definition) is 1. The fraction of sp³-hybridized carbons (Fsp3) is 0.615. The van der Waals surface area contributed by atoms with E-state index in [0.29, 0.717) is 23.4 Å². The van der Waals surface area contributed by atoms with Crippen LogP contribution in [0.15, 0.2) is 10.0 Å². The topological polar surface area (TPSA) is 100 Å². The highest BCUT2D eigenvalue weighted by Gasteiger charge is 2.26. The van der Waals surface area contributed by atoms with Gasteiger partial charge in [0.05, 0.1) is 12.6 Å². The average Bonchev–Trinajstić information content (AvgIpc) is 3.19. The van der Waals surface area contributed by atoms with E-state index in [2.05, 4.69) is 42.4 Å². The van der Waals surface area contributed by atoms with Crippen molar-refractivity contribution in [1.29, 1.82) is 0 Å². The second kappa shape index (κ2) is 7.11. The van der Waals surface area contributed by atoms with Gasteiger partial charge in [0.25, 0.3) is 0 Å². The van der Waals surface area contributed by atoms with Crippen molar-refractivity contribution in [3.05, 3.63) is 17.2 Å². The van der Waals surface area contributed by atoms with Crippen molar-refractivity contribution in [2.75, 3.05) is 38.0 Å². The highest BCUT2D eigenvalue weighted by molar-refractivity contribution is 7.13. The van der Waals surface area contributed by atoms with Gasteiger partial charge in [-0.3, -0.25) is 19.9 Å². The quantitative estimate of drug-likeness (QED) is 0.844. The predicted octanol–water partition coefficient (Wildman–Crippen LogP) is 0.547. The molecule has 2 aromatic rings. The molecule has 0 saturated carbocycles. The fourth-order valence-corrected chi connectivity index (χ4v) is 3.00. The minimum Gasteiger partial charge on any atom is -0.338 e. The van der Waals surface area contributed by atoms with Gasteiger partial charge in [0.1, 0.15) is 5.51 Å². The third-order valence-corrected chi connectivity index (χ3v) is 4.44. The molecule has 124 valence electrons. The Hall–Kier alpha value is -1.91. The molecule has 1 fully saturated rings. The molecule has 0 aliphatic carbocycles. The summed E-state index contributed by atoms with van der Waals surface area (Å²) >= 11 is 1.31. The largest absolute Gasteiger partial charge is 0.338 e. The van der Waals surface area contributed by atoms with E-state index in [1.54, 1.807) is 5.51 Å². The number of hydrogen-bond acceptors (Lipinski definition) is 9. The van der Waals surface area contributed by atoms with E-state index < -0.39 is 0 Å². The fourth-order valence-electron chi connectivity index (χ4n) is 2.54. The molecule has 0 aromatic carbocycles. The minimum absolute atomic E-state index is 0.0595. The first-order valence-electron chi connectivity index (χ1n) is 7.44. The predicted molar refractivity (Wildman–Crippen MR) is 84.0 cm³/mol. The molecule has 1 N–H and O–H groups in total. The SMILES string of the molecule is Cc1noc(C(C)N2CCN(CC(=O)Nc3nncs3)CC2)n1. The van der Waals surface area contributed by atoms with Gasteiger partial charge in [-0.25, -0.2) is 0 Å². The first kappa shape index (κ1) is 16.0. The maximum atomic E-state index is 12.0. The maximum absolute atomic E-state index is 12.0. The van der Waals surface area contributed by atoms with Crippen LogP contribution in [0.1, 0.15) is 24.7 Å². The van der Waals surface area contributed by atoms with Crippen molar-refractivity contribution in [2.45, 2.75) is 19.9 Å². The van der Waals surface area contributed by atoms with Crippen molar-refractivity contribution in [3.63, 3.8) is 0 Å². The van der Waals surface area contributed by atoms with Gasteiger partial charge in [-0.1, -0.05) is 16.5 Å². The first-order valence-corrected chi connectivity index (χ1v) is 8.32. The zero-order valence-corrected chi connectivity index (χ0v) is 13.9. The van der Waals surface area contributed by atoms with Crippen LogP contribution in [-0.4, -0.2) is 68.8 Å². The van der Waals surface area contributed by atoms with Crippen LogP contribution < -0.4 is 5.32 Å². The molecular weight excluding hydrogens is 318 g/mol. The van der Waals surface area contributed by atoms with Crippen LogP contribution in [0, 0.1) is 6.92 Å². The molecule has 1 unspecified atom stereocenters. The van der Waals surface area contributed by atoms with Crippen LogP contribution in [0.4, 0.5) is 5.13 Å². The van der Waals surface area contributed by atoms with Gasteiger partial charge >= 0.3 is 0 Å². The van der Waals surface area contributed by atoms with Gasteiger partial charge in [-0.2, -0.15) is 4.98 Å². The van der Waals surface area contributed by atoms with E-state index in [-0.39, 0.29) is 11.9 Å². The Morgan fingerprint density at radius 2 is 2.22 bits per heavy atom. The third-order valence-electron chi connectivity index (χ3n) is 3.83. The Kier molecular flexibility index (Phi) is 4.94. The zero-order chi connectivity index (χ0) is 16.2. The summed E-state index contributed by atoms with van der Waals surface area (Å²) in [6, 6.07) is 0.0913. The number of aromatic nitrogens is 4. The van der Waals surface area contributed by atoms with Gasteiger partial charge < -0.3 is 4.52 Å². The van der Waals surface area contributed by atoms with Crippen LogP contribution in [0.5, 0.6) is 0 Å². The van der Waals surface area contributed by atoms with Crippen LogP contribution >= 0.6 is 11.3 Å². The number of aryl methyl sites for hydroxylation is 1. The van der Waals surface area contributed by atoms with Crippen LogP contribution in [-0.2, 0) is 4.79 Å². The van der Waals surface area contributed by atoms with Crippen molar-refractivity contribution in [3.8, 4) is 0 Å². The van der Waals surface area contributed by atoms with E-state index in [9.17, 15) is 4.79 Å². The summed E-state index contributed by atoms with van der Waals surface area (Å²) in [4.78, 5) is 20.7. The highest BCUT2D eigenvalue weighted by Crippen LogP contribution is 2.20. The molecule has 0 spiro atoms. The molecule has 1 aliphatic rings. The average molecular weight is 337 g/mol. The highest BCUT2D eigenvalue weighted by atomic mass is 32.1. The molecule has 0 bridgehead atoms. The first-order chi connectivity index (χ1) is 11.1. The lowest BCUT2D eigenvalue weighted by Crippen LogP contribution is -2.49. The molecule has 0 radical (unpaired) electrons. The maximum Gasteiger partial charge on any atom is 0.243 e. The molecule has 1 atom stereocenters. The van der Waals surface area contributed by atoms with Gasteiger partial charge in [0.15, 0.2) is 5.82 Å². The number of carbonyl (C=O) groups is 1. The van der Waals surface area contributed by atoms with E-state index >= 15 is 0 Å². The van der Waals surface area contributed by atoms with Gasteiger partial charge in [0, 0.05) is 26.2 Å². The lowest BCUT2D eigenvalue weighted by molar-refractivity contribution is -0.117. The molecule has 3 heterocycles. The lowest BCUT2D eigenvalue weighted by atomic mass is 10.2. The normalized spacial score (nSPS) is 18.0. The van der Waals surface area contributed by atoms with Crippen LogP contribution in [0.3, 0.4) is 0 Å². The number of carbonyl (C=O) groups excluding carboxylic acids is 1. The van der Waals surface area contributed by atoms with Crippen molar-refractivity contribution in [1.82, 2.24) is 30.1 Å². The van der Waals surface area contributed by atoms with Crippen molar-refractivity contribution >= 4 is 22.4 Å². The van der Waals surface area contributed by atoms with E-state index in [1.165, 1.54) is 11.3 Å². The van der Waals surface area contributed by atoms with Crippen LogP contribution in [0.25, 0.3) is 0 Å². The summed E-state index contributed by atoms with van der Waals surface area (Å²) in [5.74, 6) is 1.24. The van der Waals surface area contributed by atoms with E-state index in [4.69, 9.17) is 4.52 Å². The van der Waals surface area contributed by atoms with E-state index in [0.717, 1.165) is 26.2 Å². The zero-order valence-electron chi connectivity index (χ0n) is 13.1. The molecule has 10 heteroatoms. The van der Waals surface area contributed by atoms with Gasteiger partial charge in [0.2, 0.25) is 16.9 Å². The summed E-state index contributed by atoms with van der Waals surface area (Å²) in [7, 11) is 0. The number of anilines is 1. The van der Waals surface area contributed by atoms with Gasteiger partial charge in [-0.15, -0.1) is 10.2 Å². The molecule has 1 amide bonds. The number of piperazine rings is 1. The summed E-state index contributed by atoms with van der Waals surface area (Å²) in [6.07, 6.45) is 0. The Morgan fingerprint density at radius 1 is 1.43 bits per heavy atom. The Labute approximate surface area is 137 Å².